The summed E-state index contributed by atoms with van der Waals surface area (Å²) in [6.07, 6.45) is 5.17. The van der Waals surface area contributed by atoms with Crippen LogP contribution in [0.1, 0.15) is 29.7 Å². The van der Waals surface area contributed by atoms with Gasteiger partial charge in [-0.15, -0.1) is 0 Å². The van der Waals surface area contributed by atoms with E-state index in [0.717, 1.165) is 30.6 Å². The number of nitrogens with one attached hydrogen (secondary N) is 1. The average molecular weight is 269 g/mol. The van der Waals surface area contributed by atoms with E-state index in [2.05, 4.69) is 22.5 Å². The topological polar surface area (TPSA) is 46.9 Å². The minimum atomic E-state index is -0.176. The second-order valence-electron chi connectivity index (χ2n) is 5.18. The fourth-order valence-electron chi connectivity index (χ4n) is 2.77. The molecule has 0 bridgehead atoms. The maximum Gasteiger partial charge on any atom is 0.158 e. The zero-order chi connectivity index (χ0) is 13.9. The van der Waals surface area contributed by atoms with Crippen molar-refractivity contribution in [2.45, 2.75) is 32.4 Å². The van der Waals surface area contributed by atoms with Gasteiger partial charge in [-0.05, 0) is 30.0 Å². The number of aromatic nitrogens is 2. The zero-order valence-corrected chi connectivity index (χ0v) is 11.7. The summed E-state index contributed by atoms with van der Waals surface area (Å²) in [6.45, 7) is 3.73. The largest absolute Gasteiger partial charge is 0.303 e. The third-order valence-electron chi connectivity index (χ3n) is 3.82. The minimum absolute atomic E-state index is 0.176. The van der Waals surface area contributed by atoms with Crippen molar-refractivity contribution in [3.05, 3.63) is 53.3 Å². The van der Waals surface area contributed by atoms with Gasteiger partial charge in [-0.1, -0.05) is 24.3 Å². The van der Waals surface area contributed by atoms with Crippen LogP contribution in [-0.4, -0.2) is 22.1 Å². The van der Waals surface area contributed by atoms with Crippen LogP contribution in [0.25, 0.3) is 0 Å². The molecule has 2 aromatic rings. The van der Waals surface area contributed by atoms with Crippen molar-refractivity contribution < 1.29 is 4.79 Å². The standard InChI is InChI=1S/C16H19N3O/c1-2-19-11-12(10-18-19)9-15(20)16-14-6-4-3-5-13(14)7-8-17-16/h3-6,10-11,16-17H,2,7-9H2,1H3. The molecule has 0 radical (unpaired) electrons. The molecule has 0 spiro atoms. The number of Topliss-reactive ketones (excluding diaryl/α,β-unsaturated/α-hetero) is 1. The summed E-state index contributed by atoms with van der Waals surface area (Å²) in [7, 11) is 0. The molecule has 1 aliphatic rings. The number of carbonyl (C=O) groups is 1. The van der Waals surface area contributed by atoms with Crippen molar-refractivity contribution >= 4 is 5.78 Å². The Kier molecular flexibility index (Phi) is 3.65. The lowest BCUT2D eigenvalue weighted by atomic mass is 9.90. The van der Waals surface area contributed by atoms with Crippen LogP contribution >= 0.6 is 0 Å². The molecule has 0 aliphatic carbocycles. The Morgan fingerprint density at radius 2 is 2.30 bits per heavy atom. The third kappa shape index (κ3) is 2.51. The first-order chi connectivity index (χ1) is 9.78. The van der Waals surface area contributed by atoms with Gasteiger partial charge in [-0.2, -0.15) is 5.10 Å². The lowest BCUT2D eigenvalue weighted by Gasteiger charge is -2.25. The molecule has 0 amide bonds. The molecule has 4 nitrogen and oxygen atoms in total. The number of ketones is 1. The Bertz CT molecular complexity index is 618. The molecule has 0 saturated carbocycles. The van der Waals surface area contributed by atoms with Gasteiger partial charge in [0.25, 0.3) is 0 Å². The number of hydrogen-bond acceptors (Lipinski definition) is 3. The molecule has 2 heterocycles. The van der Waals surface area contributed by atoms with Crippen molar-refractivity contribution in [1.82, 2.24) is 15.1 Å². The summed E-state index contributed by atoms with van der Waals surface area (Å²) in [5, 5.41) is 7.56. The second-order valence-corrected chi connectivity index (χ2v) is 5.18. The van der Waals surface area contributed by atoms with Gasteiger partial charge in [-0.3, -0.25) is 9.48 Å². The van der Waals surface area contributed by atoms with E-state index < -0.39 is 0 Å². The number of aryl methyl sites for hydroxylation is 1. The molecule has 1 aromatic carbocycles. The summed E-state index contributed by atoms with van der Waals surface area (Å²) in [6, 6.07) is 8.04. The molecule has 1 atom stereocenters. The van der Waals surface area contributed by atoms with E-state index in [1.165, 1.54) is 5.56 Å². The Hall–Kier alpha value is -1.94. The number of nitrogens with zero attached hydrogens (tertiary/aromatic N) is 2. The summed E-state index contributed by atoms with van der Waals surface area (Å²) < 4.78 is 1.85. The first-order valence-electron chi connectivity index (χ1n) is 7.13. The maximum atomic E-state index is 12.5. The average Bonchev–Trinajstić information content (AvgIpc) is 2.94. The van der Waals surface area contributed by atoms with Crippen LogP contribution in [-0.2, 0) is 24.2 Å². The van der Waals surface area contributed by atoms with Gasteiger partial charge < -0.3 is 5.32 Å². The highest BCUT2D eigenvalue weighted by atomic mass is 16.1. The molecular formula is C16H19N3O. The van der Waals surface area contributed by atoms with Crippen LogP contribution in [0.5, 0.6) is 0 Å². The molecule has 20 heavy (non-hydrogen) atoms. The van der Waals surface area contributed by atoms with Crippen molar-refractivity contribution in [1.29, 1.82) is 0 Å². The van der Waals surface area contributed by atoms with Crippen LogP contribution < -0.4 is 5.32 Å². The fraction of sp³-hybridized carbons (Fsp3) is 0.375. The van der Waals surface area contributed by atoms with E-state index in [9.17, 15) is 4.79 Å². The van der Waals surface area contributed by atoms with E-state index in [0.29, 0.717) is 6.42 Å². The van der Waals surface area contributed by atoms with Crippen LogP contribution in [0.4, 0.5) is 0 Å². The molecule has 1 aromatic heterocycles. The monoisotopic (exact) mass is 269 g/mol. The summed E-state index contributed by atoms with van der Waals surface area (Å²) >= 11 is 0. The van der Waals surface area contributed by atoms with Crippen LogP contribution in [0.15, 0.2) is 36.7 Å². The second kappa shape index (κ2) is 5.59. The van der Waals surface area contributed by atoms with Crippen LogP contribution in [0.2, 0.25) is 0 Å². The SMILES string of the molecule is CCn1cc(CC(=O)C2NCCc3ccccc32)cn1. The van der Waals surface area contributed by atoms with Gasteiger partial charge in [0, 0.05) is 25.7 Å². The van der Waals surface area contributed by atoms with Gasteiger partial charge in [0.1, 0.15) is 0 Å². The van der Waals surface area contributed by atoms with Gasteiger partial charge in [-0.25, -0.2) is 0 Å². The lowest BCUT2D eigenvalue weighted by molar-refractivity contribution is -0.120. The molecule has 1 N–H and O–H groups in total. The smallest absolute Gasteiger partial charge is 0.158 e. The quantitative estimate of drug-likeness (QED) is 0.922. The predicted molar refractivity (Wildman–Crippen MR) is 77.5 cm³/mol. The van der Waals surface area contributed by atoms with Gasteiger partial charge in [0.15, 0.2) is 5.78 Å². The molecule has 3 rings (SSSR count). The highest BCUT2D eigenvalue weighted by Crippen LogP contribution is 2.24. The lowest BCUT2D eigenvalue weighted by Crippen LogP contribution is -2.35. The molecule has 104 valence electrons. The minimum Gasteiger partial charge on any atom is -0.303 e. The van der Waals surface area contributed by atoms with E-state index in [4.69, 9.17) is 0 Å². The fourth-order valence-corrected chi connectivity index (χ4v) is 2.77. The number of rotatable bonds is 4. The van der Waals surface area contributed by atoms with Crippen molar-refractivity contribution in [2.24, 2.45) is 0 Å². The predicted octanol–water partition coefficient (Wildman–Crippen LogP) is 1.90. The van der Waals surface area contributed by atoms with E-state index in [-0.39, 0.29) is 11.8 Å². The Morgan fingerprint density at radius 1 is 1.45 bits per heavy atom. The number of fused-ring (bicyclic) bond motifs is 1. The number of carbonyl (C=O) groups excluding carboxylic acids is 1. The highest BCUT2D eigenvalue weighted by Gasteiger charge is 2.25. The van der Waals surface area contributed by atoms with E-state index >= 15 is 0 Å². The maximum absolute atomic E-state index is 12.5. The molecule has 4 heteroatoms. The van der Waals surface area contributed by atoms with Gasteiger partial charge in [0.2, 0.25) is 0 Å². The molecule has 1 aliphatic heterocycles. The molecule has 1 unspecified atom stereocenters. The third-order valence-corrected chi connectivity index (χ3v) is 3.82. The van der Waals surface area contributed by atoms with E-state index in [1.54, 1.807) is 6.20 Å². The van der Waals surface area contributed by atoms with Crippen LogP contribution in [0.3, 0.4) is 0 Å². The summed E-state index contributed by atoms with van der Waals surface area (Å²) in [5.41, 5.74) is 3.40. The Labute approximate surface area is 118 Å². The highest BCUT2D eigenvalue weighted by molar-refractivity contribution is 5.87. The molecule has 0 saturated heterocycles. The van der Waals surface area contributed by atoms with E-state index in [1.807, 2.05) is 29.9 Å². The van der Waals surface area contributed by atoms with Crippen molar-refractivity contribution in [3.63, 3.8) is 0 Å². The number of benzene rings is 1. The van der Waals surface area contributed by atoms with Crippen LogP contribution in [0, 0.1) is 0 Å². The molecule has 0 fully saturated rings. The summed E-state index contributed by atoms with van der Waals surface area (Å²) in [4.78, 5) is 12.5. The normalized spacial score (nSPS) is 17.8. The van der Waals surface area contributed by atoms with Gasteiger partial charge >= 0.3 is 0 Å². The first kappa shape index (κ1) is 13.1. The molecular weight excluding hydrogens is 250 g/mol. The zero-order valence-electron chi connectivity index (χ0n) is 11.7. The Morgan fingerprint density at radius 3 is 3.10 bits per heavy atom. The van der Waals surface area contributed by atoms with Crippen molar-refractivity contribution in [2.75, 3.05) is 6.54 Å². The van der Waals surface area contributed by atoms with Gasteiger partial charge in [0.05, 0.1) is 12.2 Å². The number of hydrogen-bond donors (Lipinski definition) is 1. The van der Waals surface area contributed by atoms with Crippen molar-refractivity contribution in [3.8, 4) is 0 Å². The first-order valence-corrected chi connectivity index (χ1v) is 7.13. The Balaban J connectivity index is 1.78. The summed E-state index contributed by atoms with van der Waals surface area (Å²) in [5.74, 6) is 0.216.